The Morgan fingerprint density at radius 1 is 1.21 bits per heavy atom. The topological polar surface area (TPSA) is 20.2 Å². The Bertz CT molecular complexity index is 330. The molecule has 1 aromatic carbocycles. The smallest absolute Gasteiger partial charge is 0.446 e. The molecule has 0 amide bonds. The van der Waals surface area contributed by atoms with Gasteiger partial charge in [0.1, 0.15) is 5.75 Å². The molecule has 0 atom stereocenters. The lowest BCUT2D eigenvalue weighted by atomic mass is 10.3. The van der Waals surface area contributed by atoms with E-state index in [1.807, 2.05) is 22.6 Å². The van der Waals surface area contributed by atoms with E-state index < -0.39 is 5.51 Å². The summed E-state index contributed by atoms with van der Waals surface area (Å²) in [5, 5.41) is 9.31. The average Bonchev–Trinajstić information content (AvgIpc) is 1.95. The van der Waals surface area contributed by atoms with E-state index in [4.69, 9.17) is 0 Å². The zero-order valence-corrected chi connectivity index (χ0v) is 11.5. The van der Waals surface area contributed by atoms with E-state index in [1.54, 1.807) is 28.7 Å². The molecule has 14 heavy (non-hydrogen) atoms. The molecule has 0 bridgehead atoms. The van der Waals surface area contributed by atoms with Gasteiger partial charge in [0.25, 0.3) is 0 Å². The molecule has 0 saturated carbocycles. The maximum Gasteiger partial charge on any atom is 0.446 e. The molecule has 0 aliphatic carbocycles. The molecule has 0 radical (unpaired) electrons. The lowest BCUT2D eigenvalue weighted by Gasteiger charge is -2.09. The molecule has 0 heterocycles. The van der Waals surface area contributed by atoms with Crippen LogP contribution in [-0.4, -0.2) is 10.6 Å². The summed E-state index contributed by atoms with van der Waals surface area (Å²) in [5.74, 6) is -0.330. The summed E-state index contributed by atoms with van der Waals surface area (Å²) in [7, 11) is 0. The number of hydrogen-bond acceptors (Lipinski definition) is 2. The van der Waals surface area contributed by atoms with Crippen LogP contribution in [0.25, 0.3) is 0 Å². The Morgan fingerprint density at radius 2 is 1.79 bits per heavy atom. The van der Waals surface area contributed by atoms with Gasteiger partial charge in [-0.05, 0) is 69.1 Å². The molecule has 0 aliphatic rings. The Labute approximate surface area is 110 Å². The second kappa shape index (κ2) is 4.64. The first-order valence-corrected chi connectivity index (χ1v) is 6.21. The molecule has 0 unspecified atom stereocenters. The fraction of sp³-hybridized carbons (Fsp3) is 0.143. The number of phenolic OH excluding ortho intramolecular Hbond substituents is 1. The molecule has 1 rings (SSSR count). The SMILES string of the molecule is Oc1cc(I)cc(I)c1SC(F)(F)F. The highest BCUT2D eigenvalue weighted by Crippen LogP contribution is 2.43. The van der Waals surface area contributed by atoms with Gasteiger partial charge in [0.05, 0.1) is 4.90 Å². The molecule has 78 valence electrons. The van der Waals surface area contributed by atoms with Gasteiger partial charge < -0.3 is 5.11 Å². The largest absolute Gasteiger partial charge is 0.507 e. The van der Waals surface area contributed by atoms with Crippen LogP contribution in [0.15, 0.2) is 17.0 Å². The van der Waals surface area contributed by atoms with Gasteiger partial charge in [-0.25, -0.2) is 0 Å². The van der Waals surface area contributed by atoms with Gasteiger partial charge in [-0.15, -0.1) is 0 Å². The Balaban J connectivity index is 3.09. The van der Waals surface area contributed by atoms with Gasteiger partial charge in [0.2, 0.25) is 0 Å². The Morgan fingerprint density at radius 3 is 2.21 bits per heavy atom. The third kappa shape index (κ3) is 3.65. The molecular formula is C7H3F3I2OS. The van der Waals surface area contributed by atoms with E-state index in [1.165, 1.54) is 6.07 Å². The van der Waals surface area contributed by atoms with Crippen molar-refractivity contribution < 1.29 is 18.3 Å². The van der Waals surface area contributed by atoms with Crippen molar-refractivity contribution in [1.29, 1.82) is 0 Å². The molecule has 0 aromatic heterocycles. The summed E-state index contributed by atoms with van der Waals surface area (Å²) in [4.78, 5) is -0.140. The van der Waals surface area contributed by atoms with E-state index in [9.17, 15) is 18.3 Å². The quantitative estimate of drug-likeness (QED) is 0.516. The highest BCUT2D eigenvalue weighted by Gasteiger charge is 2.31. The van der Waals surface area contributed by atoms with Gasteiger partial charge in [-0.1, -0.05) is 0 Å². The average molecular weight is 446 g/mol. The van der Waals surface area contributed by atoms with E-state index in [2.05, 4.69) is 0 Å². The zero-order chi connectivity index (χ0) is 10.9. The van der Waals surface area contributed by atoms with Gasteiger partial charge >= 0.3 is 5.51 Å². The number of rotatable bonds is 1. The molecule has 1 nitrogen and oxygen atoms in total. The lowest BCUT2D eigenvalue weighted by molar-refractivity contribution is -0.0329. The summed E-state index contributed by atoms with van der Waals surface area (Å²) in [5.41, 5.74) is -4.37. The lowest BCUT2D eigenvalue weighted by Crippen LogP contribution is -2.00. The van der Waals surface area contributed by atoms with Gasteiger partial charge in [0, 0.05) is 7.14 Å². The second-order valence-corrected chi connectivity index (χ2v) is 5.77. The minimum absolute atomic E-state index is 0.140. The van der Waals surface area contributed by atoms with Crippen molar-refractivity contribution in [1.82, 2.24) is 0 Å². The van der Waals surface area contributed by atoms with Crippen LogP contribution in [0.3, 0.4) is 0 Å². The molecule has 1 N–H and O–H groups in total. The van der Waals surface area contributed by atoms with Gasteiger partial charge in [-0.2, -0.15) is 13.2 Å². The van der Waals surface area contributed by atoms with Crippen molar-refractivity contribution in [2.45, 2.75) is 10.4 Å². The van der Waals surface area contributed by atoms with Crippen molar-refractivity contribution in [3.8, 4) is 5.75 Å². The first kappa shape index (κ1) is 12.7. The molecule has 0 fully saturated rings. The molecular weight excluding hydrogens is 443 g/mol. The van der Waals surface area contributed by atoms with E-state index in [0.29, 0.717) is 7.14 Å². The second-order valence-electron chi connectivity index (χ2n) is 2.28. The normalized spacial score (nSPS) is 11.8. The number of hydrogen-bond donors (Lipinski definition) is 1. The van der Waals surface area contributed by atoms with Crippen LogP contribution in [0.1, 0.15) is 0 Å². The molecule has 7 heteroatoms. The van der Waals surface area contributed by atoms with Crippen LogP contribution in [0.2, 0.25) is 0 Å². The van der Waals surface area contributed by atoms with Crippen LogP contribution in [0, 0.1) is 7.14 Å². The number of alkyl halides is 3. The van der Waals surface area contributed by atoms with Crippen molar-refractivity contribution in [3.05, 3.63) is 19.3 Å². The number of phenols is 1. The summed E-state index contributed by atoms with van der Waals surface area (Å²) in [6, 6.07) is 2.88. The fourth-order valence-electron chi connectivity index (χ4n) is 0.764. The number of halogens is 5. The van der Waals surface area contributed by atoms with Crippen molar-refractivity contribution in [3.63, 3.8) is 0 Å². The number of thioether (sulfide) groups is 1. The van der Waals surface area contributed by atoms with E-state index >= 15 is 0 Å². The highest BCUT2D eigenvalue weighted by molar-refractivity contribution is 14.1. The third-order valence-corrected chi connectivity index (χ3v) is 3.91. The van der Waals surface area contributed by atoms with Crippen LogP contribution >= 0.6 is 56.9 Å². The van der Waals surface area contributed by atoms with Crippen LogP contribution in [-0.2, 0) is 0 Å². The highest BCUT2D eigenvalue weighted by atomic mass is 127. The standard InChI is InChI=1S/C7H3F3I2OS/c8-7(9,10)14-6-4(12)1-3(11)2-5(6)13/h1-2,13H. The molecule has 1 aromatic rings. The third-order valence-electron chi connectivity index (χ3n) is 1.21. The maximum absolute atomic E-state index is 12.0. The van der Waals surface area contributed by atoms with Crippen LogP contribution in [0.4, 0.5) is 13.2 Å². The minimum Gasteiger partial charge on any atom is -0.507 e. The minimum atomic E-state index is -4.37. The van der Waals surface area contributed by atoms with Crippen molar-refractivity contribution >= 4 is 56.9 Å². The molecule has 0 spiro atoms. The zero-order valence-electron chi connectivity index (χ0n) is 6.40. The summed E-state index contributed by atoms with van der Waals surface area (Å²) in [6.45, 7) is 0. The maximum atomic E-state index is 12.0. The first-order chi connectivity index (χ1) is 6.29. The summed E-state index contributed by atoms with van der Waals surface area (Å²) < 4.78 is 37.2. The van der Waals surface area contributed by atoms with Crippen LogP contribution in [0.5, 0.6) is 5.75 Å². The van der Waals surface area contributed by atoms with Crippen molar-refractivity contribution in [2.75, 3.05) is 0 Å². The van der Waals surface area contributed by atoms with Crippen LogP contribution < -0.4 is 0 Å². The van der Waals surface area contributed by atoms with Gasteiger partial charge in [0.15, 0.2) is 0 Å². The first-order valence-electron chi connectivity index (χ1n) is 3.23. The number of aromatic hydroxyl groups is 1. The molecule has 0 aliphatic heterocycles. The Kier molecular flexibility index (Phi) is 4.21. The molecule has 0 saturated heterocycles. The summed E-state index contributed by atoms with van der Waals surface area (Å²) >= 11 is 3.40. The predicted molar refractivity (Wildman–Crippen MR) is 65.5 cm³/mol. The summed E-state index contributed by atoms with van der Waals surface area (Å²) in [6.07, 6.45) is 0. The van der Waals surface area contributed by atoms with E-state index in [0.717, 1.165) is 0 Å². The fourth-order valence-corrected chi connectivity index (χ4v) is 3.46. The van der Waals surface area contributed by atoms with Crippen molar-refractivity contribution in [2.24, 2.45) is 0 Å². The number of benzene rings is 1. The van der Waals surface area contributed by atoms with Gasteiger partial charge in [-0.3, -0.25) is 0 Å². The monoisotopic (exact) mass is 446 g/mol. The predicted octanol–water partition coefficient (Wildman–Crippen LogP) is 4.21. The Hall–Kier alpha value is 0.620. The van der Waals surface area contributed by atoms with E-state index in [-0.39, 0.29) is 22.4 Å².